The van der Waals surface area contributed by atoms with Crippen molar-refractivity contribution in [3.63, 3.8) is 0 Å². The molecule has 132 valence electrons. The van der Waals surface area contributed by atoms with Gasteiger partial charge in [-0.05, 0) is 23.8 Å². The quantitative estimate of drug-likeness (QED) is 0.727. The highest BCUT2D eigenvalue weighted by atomic mass is 16.5. The van der Waals surface area contributed by atoms with Gasteiger partial charge in [0.15, 0.2) is 0 Å². The Hall–Kier alpha value is -2.95. The highest BCUT2D eigenvalue weighted by Gasteiger charge is 2.24. The maximum absolute atomic E-state index is 12.5. The van der Waals surface area contributed by atoms with Crippen LogP contribution in [0, 0.1) is 0 Å². The van der Waals surface area contributed by atoms with Gasteiger partial charge in [0.05, 0.1) is 6.42 Å². The smallest absolute Gasteiger partial charge is 0.227 e. The molecule has 1 fully saturated rings. The summed E-state index contributed by atoms with van der Waals surface area (Å²) in [5.41, 5.74) is 1.85. The number of amides is 1. The number of hydrogen-bond acceptors (Lipinski definition) is 4. The first-order valence-electron chi connectivity index (χ1n) is 8.97. The van der Waals surface area contributed by atoms with Gasteiger partial charge in [0.25, 0.3) is 0 Å². The molecule has 0 bridgehead atoms. The van der Waals surface area contributed by atoms with Gasteiger partial charge in [-0.2, -0.15) is 0 Å². The second-order valence-electron chi connectivity index (χ2n) is 6.57. The van der Waals surface area contributed by atoms with Crippen LogP contribution in [0.25, 0.3) is 10.9 Å². The second-order valence-corrected chi connectivity index (χ2v) is 6.57. The summed E-state index contributed by atoms with van der Waals surface area (Å²) < 4.78 is 6.20. The molecule has 0 unspecified atom stereocenters. The van der Waals surface area contributed by atoms with E-state index in [1.807, 2.05) is 47.4 Å². The van der Waals surface area contributed by atoms with Gasteiger partial charge < -0.3 is 9.64 Å². The fraction of sp³-hybridized carbons (Fsp3) is 0.286. The number of carbonyl (C=O) groups is 1. The lowest BCUT2D eigenvalue weighted by molar-refractivity contribution is -0.132. The second kappa shape index (κ2) is 7.52. The average Bonchev–Trinajstić information content (AvgIpc) is 2.70. The number of piperidine rings is 1. The van der Waals surface area contributed by atoms with Crippen LogP contribution in [0.2, 0.25) is 0 Å². The highest BCUT2D eigenvalue weighted by molar-refractivity contribution is 5.84. The third-order valence-electron chi connectivity index (χ3n) is 4.76. The fourth-order valence-electron chi connectivity index (χ4n) is 3.36. The Balaban J connectivity index is 1.35. The van der Waals surface area contributed by atoms with E-state index in [0.717, 1.165) is 48.1 Å². The van der Waals surface area contributed by atoms with Crippen molar-refractivity contribution in [3.05, 3.63) is 66.6 Å². The van der Waals surface area contributed by atoms with E-state index in [-0.39, 0.29) is 12.0 Å². The van der Waals surface area contributed by atoms with Crippen LogP contribution in [0.15, 0.2) is 61.1 Å². The van der Waals surface area contributed by atoms with E-state index < -0.39 is 0 Å². The molecule has 5 nitrogen and oxygen atoms in total. The monoisotopic (exact) mass is 347 g/mol. The van der Waals surface area contributed by atoms with E-state index in [9.17, 15) is 4.79 Å². The molecule has 0 aliphatic carbocycles. The molecule has 1 aliphatic heterocycles. The largest absolute Gasteiger partial charge is 0.488 e. The molecule has 0 spiro atoms. The average molecular weight is 347 g/mol. The summed E-state index contributed by atoms with van der Waals surface area (Å²) in [5.74, 6) is 0.978. The SMILES string of the molecule is O=C(Cc1cccnc1)N1CCC(Oc2cccc3cccnc23)CC1. The van der Waals surface area contributed by atoms with Crippen LogP contribution in [0.5, 0.6) is 5.75 Å². The molecule has 1 amide bonds. The normalized spacial score (nSPS) is 15.2. The summed E-state index contributed by atoms with van der Waals surface area (Å²) in [4.78, 5) is 22.9. The molecule has 1 aliphatic rings. The van der Waals surface area contributed by atoms with Gasteiger partial charge in [0.1, 0.15) is 17.4 Å². The predicted molar refractivity (Wildman–Crippen MR) is 99.9 cm³/mol. The Morgan fingerprint density at radius 2 is 1.88 bits per heavy atom. The summed E-state index contributed by atoms with van der Waals surface area (Å²) in [6.07, 6.45) is 7.45. The van der Waals surface area contributed by atoms with Crippen molar-refractivity contribution in [2.45, 2.75) is 25.4 Å². The molecule has 5 heteroatoms. The first kappa shape index (κ1) is 16.5. The van der Waals surface area contributed by atoms with Crippen LogP contribution >= 0.6 is 0 Å². The molecule has 3 heterocycles. The van der Waals surface area contributed by atoms with Gasteiger partial charge in [-0.15, -0.1) is 0 Å². The number of aromatic nitrogens is 2. The number of hydrogen-bond donors (Lipinski definition) is 0. The van der Waals surface area contributed by atoms with Crippen molar-refractivity contribution in [2.75, 3.05) is 13.1 Å². The Kier molecular flexibility index (Phi) is 4.78. The van der Waals surface area contributed by atoms with Crippen LogP contribution in [-0.2, 0) is 11.2 Å². The number of para-hydroxylation sites is 1. The van der Waals surface area contributed by atoms with E-state index in [2.05, 4.69) is 9.97 Å². The minimum absolute atomic E-state index is 0.116. The van der Waals surface area contributed by atoms with Gasteiger partial charge in [-0.25, -0.2) is 0 Å². The Morgan fingerprint density at radius 1 is 1.08 bits per heavy atom. The summed E-state index contributed by atoms with van der Waals surface area (Å²) in [6, 6.07) is 13.8. The van der Waals surface area contributed by atoms with E-state index in [4.69, 9.17) is 4.74 Å². The number of likely N-dealkylation sites (tertiary alicyclic amines) is 1. The van der Waals surface area contributed by atoms with E-state index in [1.54, 1.807) is 18.6 Å². The van der Waals surface area contributed by atoms with E-state index in [0.29, 0.717) is 6.42 Å². The van der Waals surface area contributed by atoms with Crippen LogP contribution in [-0.4, -0.2) is 40.0 Å². The number of benzene rings is 1. The summed E-state index contributed by atoms with van der Waals surface area (Å²) >= 11 is 0. The number of nitrogens with zero attached hydrogens (tertiary/aromatic N) is 3. The Bertz CT molecular complexity index is 885. The van der Waals surface area contributed by atoms with Gasteiger partial charge >= 0.3 is 0 Å². The summed E-state index contributed by atoms with van der Waals surface area (Å²) in [5, 5.41) is 1.08. The van der Waals surface area contributed by atoms with Crippen LogP contribution < -0.4 is 4.74 Å². The topological polar surface area (TPSA) is 55.3 Å². The molecule has 1 aromatic carbocycles. The van der Waals surface area contributed by atoms with Gasteiger partial charge in [0.2, 0.25) is 5.91 Å². The van der Waals surface area contributed by atoms with Crippen LogP contribution in [0.4, 0.5) is 0 Å². The molecule has 26 heavy (non-hydrogen) atoms. The molecule has 1 saturated heterocycles. The Labute approximate surface area is 152 Å². The maximum Gasteiger partial charge on any atom is 0.227 e. The Morgan fingerprint density at radius 3 is 2.69 bits per heavy atom. The van der Waals surface area contributed by atoms with Crippen molar-refractivity contribution in [3.8, 4) is 5.75 Å². The molecule has 3 aromatic rings. The molecule has 0 N–H and O–H groups in total. The standard InChI is InChI=1S/C21H21N3O2/c25-20(14-16-4-2-10-22-15-16)24-12-8-18(9-13-24)26-19-7-1-5-17-6-3-11-23-21(17)19/h1-7,10-11,15,18H,8-9,12-14H2. The molecule has 0 saturated carbocycles. The van der Waals surface area contributed by atoms with E-state index >= 15 is 0 Å². The van der Waals surface area contributed by atoms with Crippen molar-refractivity contribution in [2.24, 2.45) is 0 Å². The summed E-state index contributed by atoms with van der Waals surface area (Å²) in [7, 11) is 0. The zero-order valence-corrected chi connectivity index (χ0v) is 14.5. The third-order valence-corrected chi connectivity index (χ3v) is 4.76. The van der Waals surface area contributed by atoms with Gasteiger partial charge in [-0.1, -0.05) is 24.3 Å². The number of carbonyl (C=O) groups excluding carboxylic acids is 1. The van der Waals surface area contributed by atoms with Crippen molar-refractivity contribution < 1.29 is 9.53 Å². The minimum Gasteiger partial charge on any atom is -0.488 e. The number of fused-ring (bicyclic) bond motifs is 1. The highest BCUT2D eigenvalue weighted by Crippen LogP contribution is 2.26. The molecule has 0 radical (unpaired) electrons. The fourth-order valence-corrected chi connectivity index (χ4v) is 3.36. The molecular weight excluding hydrogens is 326 g/mol. The van der Waals surface area contributed by atoms with Crippen molar-refractivity contribution in [1.82, 2.24) is 14.9 Å². The molecular formula is C21H21N3O2. The minimum atomic E-state index is 0.116. The van der Waals surface area contributed by atoms with Gasteiger partial charge in [0, 0.05) is 49.9 Å². The molecule has 0 atom stereocenters. The van der Waals surface area contributed by atoms with Crippen molar-refractivity contribution >= 4 is 16.8 Å². The lowest BCUT2D eigenvalue weighted by atomic mass is 10.1. The first-order valence-corrected chi connectivity index (χ1v) is 8.97. The summed E-state index contributed by atoms with van der Waals surface area (Å²) in [6.45, 7) is 1.45. The van der Waals surface area contributed by atoms with Gasteiger partial charge in [-0.3, -0.25) is 14.8 Å². The number of rotatable bonds is 4. The van der Waals surface area contributed by atoms with Crippen LogP contribution in [0.1, 0.15) is 18.4 Å². The number of pyridine rings is 2. The first-order chi connectivity index (χ1) is 12.8. The zero-order chi connectivity index (χ0) is 17.8. The van der Waals surface area contributed by atoms with Crippen LogP contribution in [0.3, 0.4) is 0 Å². The molecule has 2 aromatic heterocycles. The molecule has 4 rings (SSSR count). The zero-order valence-electron chi connectivity index (χ0n) is 14.5. The lowest BCUT2D eigenvalue weighted by Crippen LogP contribution is -2.42. The van der Waals surface area contributed by atoms with Crippen molar-refractivity contribution in [1.29, 1.82) is 0 Å². The third kappa shape index (κ3) is 3.67. The predicted octanol–water partition coefficient (Wildman–Crippen LogP) is 3.24. The van der Waals surface area contributed by atoms with E-state index in [1.165, 1.54) is 0 Å². The maximum atomic E-state index is 12.5. The lowest BCUT2D eigenvalue weighted by Gasteiger charge is -2.32. The number of ether oxygens (including phenoxy) is 1.